The average Bonchev–Trinajstić information content (AvgIpc) is 3.31. The van der Waals surface area contributed by atoms with Crippen LogP contribution < -0.4 is 9.46 Å². The molecule has 0 amide bonds. The Morgan fingerprint density at radius 1 is 1.24 bits per heavy atom. The van der Waals surface area contributed by atoms with E-state index in [1.807, 2.05) is 6.08 Å². The molecule has 0 saturated heterocycles. The molecule has 1 aliphatic carbocycles. The van der Waals surface area contributed by atoms with E-state index >= 15 is 4.39 Å². The molecule has 37 heavy (non-hydrogen) atoms. The molecule has 11 heteroatoms. The van der Waals surface area contributed by atoms with Gasteiger partial charge in [-0.05, 0) is 36.3 Å². The second-order valence-corrected chi connectivity index (χ2v) is 11.0. The van der Waals surface area contributed by atoms with Crippen molar-refractivity contribution in [1.82, 2.24) is 4.98 Å². The van der Waals surface area contributed by atoms with Crippen LogP contribution >= 0.6 is 23.3 Å². The summed E-state index contributed by atoms with van der Waals surface area (Å²) in [4.78, 5) is 15.5. The van der Waals surface area contributed by atoms with Crippen molar-refractivity contribution in [2.24, 2.45) is 5.41 Å². The number of hydrogen-bond acceptors (Lipinski definition) is 6. The van der Waals surface area contributed by atoms with E-state index in [1.54, 1.807) is 5.38 Å². The smallest absolute Gasteiger partial charge is 0.338 e. The summed E-state index contributed by atoms with van der Waals surface area (Å²) in [7, 11) is 1.31. The van der Waals surface area contributed by atoms with Gasteiger partial charge in [-0.2, -0.15) is 0 Å². The van der Waals surface area contributed by atoms with Crippen LogP contribution in [0.15, 0.2) is 40.7 Å². The molecule has 196 valence electrons. The van der Waals surface area contributed by atoms with Gasteiger partial charge in [0.25, 0.3) is 6.43 Å². The molecule has 2 N–H and O–H groups in total. The molecule has 0 saturated carbocycles. The summed E-state index contributed by atoms with van der Waals surface area (Å²) in [5.41, 5.74) is -0.0171. The van der Waals surface area contributed by atoms with Crippen molar-refractivity contribution in [1.29, 1.82) is 0 Å². The summed E-state index contributed by atoms with van der Waals surface area (Å²) in [6.45, 7) is 4.24. The Labute approximate surface area is 219 Å². The quantitative estimate of drug-likeness (QED) is 0.216. The first-order valence-corrected chi connectivity index (χ1v) is 13.0. The van der Waals surface area contributed by atoms with Gasteiger partial charge in [-0.1, -0.05) is 32.1 Å². The lowest BCUT2D eigenvalue weighted by atomic mass is 9.77. The normalized spacial score (nSPS) is 15.0. The first kappa shape index (κ1) is 27.0. The zero-order valence-corrected chi connectivity index (χ0v) is 21.8. The zero-order valence-electron chi connectivity index (χ0n) is 20.2. The Kier molecular flexibility index (Phi) is 7.84. The van der Waals surface area contributed by atoms with Gasteiger partial charge in [-0.25, -0.2) is 27.3 Å². The van der Waals surface area contributed by atoms with Crippen LogP contribution in [-0.4, -0.2) is 23.2 Å². The van der Waals surface area contributed by atoms with Crippen molar-refractivity contribution in [2.45, 2.75) is 44.6 Å². The minimum atomic E-state index is -3.03. The molecular weight excluding hydrogens is 528 g/mol. The third-order valence-electron chi connectivity index (χ3n) is 6.21. The SMILES string of the molecule is COc1cc(C(=O)O)c(F)cc1NSc1csc(-c2ccc(C3=CCC(C)(C)CC3)c(F)c2C(F)F)n1. The molecule has 0 atom stereocenters. The minimum absolute atomic E-state index is 0.0132. The van der Waals surface area contributed by atoms with Crippen LogP contribution in [0.2, 0.25) is 0 Å². The Morgan fingerprint density at radius 2 is 1.97 bits per heavy atom. The summed E-state index contributed by atoms with van der Waals surface area (Å²) in [6.07, 6.45) is 1.11. The Bertz CT molecular complexity index is 1370. The number of allylic oxidation sites excluding steroid dienone is 2. The molecule has 0 aliphatic heterocycles. The van der Waals surface area contributed by atoms with Crippen molar-refractivity contribution >= 4 is 40.5 Å². The second kappa shape index (κ2) is 10.7. The van der Waals surface area contributed by atoms with E-state index in [0.29, 0.717) is 11.4 Å². The van der Waals surface area contributed by atoms with Crippen LogP contribution in [0.3, 0.4) is 0 Å². The van der Waals surface area contributed by atoms with Crippen molar-refractivity contribution in [3.8, 4) is 16.3 Å². The molecule has 0 unspecified atom stereocenters. The lowest BCUT2D eigenvalue weighted by Gasteiger charge is -2.29. The molecule has 0 spiro atoms. The number of thiazole rings is 1. The van der Waals surface area contributed by atoms with Crippen LogP contribution in [0.25, 0.3) is 16.1 Å². The van der Waals surface area contributed by atoms with Gasteiger partial charge in [0, 0.05) is 34.5 Å². The van der Waals surface area contributed by atoms with Gasteiger partial charge in [-0.15, -0.1) is 11.3 Å². The summed E-state index contributed by atoms with van der Waals surface area (Å²) < 4.78 is 65.5. The van der Waals surface area contributed by atoms with Crippen LogP contribution in [0, 0.1) is 17.0 Å². The number of aromatic nitrogens is 1. The van der Waals surface area contributed by atoms with Gasteiger partial charge in [0.05, 0.1) is 23.9 Å². The number of alkyl halides is 2. The lowest BCUT2D eigenvalue weighted by molar-refractivity contribution is 0.0691. The number of rotatable bonds is 8. The fourth-order valence-electron chi connectivity index (χ4n) is 4.06. The molecule has 0 bridgehead atoms. The Balaban J connectivity index is 1.59. The molecule has 1 aliphatic rings. The number of carboxylic acids is 1. The van der Waals surface area contributed by atoms with E-state index in [0.717, 1.165) is 53.8 Å². The highest BCUT2D eigenvalue weighted by Gasteiger charge is 2.28. The fraction of sp³-hybridized carbons (Fsp3) is 0.308. The topological polar surface area (TPSA) is 71.5 Å². The number of nitrogens with zero attached hydrogens (tertiary/aromatic N) is 1. The Morgan fingerprint density at radius 3 is 2.59 bits per heavy atom. The van der Waals surface area contributed by atoms with E-state index in [2.05, 4.69) is 23.6 Å². The number of carboxylic acid groups (broad SMARTS) is 1. The number of aromatic carboxylic acids is 1. The van der Waals surface area contributed by atoms with Gasteiger partial charge in [0.2, 0.25) is 0 Å². The third-order valence-corrected chi connectivity index (χ3v) is 7.98. The average molecular weight is 553 g/mol. The summed E-state index contributed by atoms with van der Waals surface area (Å²) in [6, 6.07) is 5.04. The second-order valence-electron chi connectivity index (χ2n) is 9.32. The van der Waals surface area contributed by atoms with Crippen LogP contribution in [0.5, 0.6) is 5.75 Å². The van der Waals surface area contributed by atoms with Crippen molar-refractivity contribution in [3.05, 3.63) is 64.0 Å². The highest BCUT2D eigenvalue weighted by molar-refractivity contribution is 8.00. The number of benzene rings is 2. The maximum absolute atomic E-state index is 15.4. The molecule has 4 rings (SSSR count). The summed E-state index contributed by atoms with van der Waals surface area (Å²) in [5.74, 6) is -3.22. The number of methoxy groups -OCH3 is 1. The van der Waals surface area contributed by atoms with Crippen molar-refractivity contribution < 1.29 is 32.2 Å². The highest BCUT2D eigenvalue weighted by Crippen LogP contribution is 2.43. The molecule has 1 heterocycles. The lowest BCUT2D eigenvalue weighted by Crippen LogP contribution is -2.14. The first-order valence-electron chi connectivity index (χ1n) is 11.3. The van der Waals surface area contributed by atoms with Crippen LogP contribution in [-0.2, 0) is 0 Å². The molecule has 3 aromatic rings. The summed E-state index contributed by atoms with van der Waals surface area (Å²) in [5, 5.41) is 11.2. The number of nitrogens with one attached hydrogen (secondary N) is 1. The van der Waals surface area contributed by atoms with E-state index in [1.165, 1.54) is 19.2 Å². The first-order chi connectivity index (χ1) is 17.5. The number of hydrogen-bond donors (Lipinski definition) is 2. The van der Waals surface area contributed by atoms with E-state index in [4.69, 9.17) is 9.84 Å². The maximum Gasteiger partial charge on any atom is 0.338 e. The number of carbonyl (C=O) groups is 1. The van der Waals surface area contributed by atoms with Gasteiger partial charge in [0.1, 0.15) is 27.4 Å². The van der Waals surface area contributed by atoms with E-state index < -0.39 is 35.2 Å². The molecule has 5 nitrogen and oxygen atoms in total. The van der Waals surface area contributed by atoms with Crippen molar-refractivity contribution in [3.63, 3.8) is 0 Å². The van der Waals surface area contributed by atoms with E-state index in [-0.39, 0.29) is 33.0 Å². The highest BCUT2D eigenvalue weighted by atomic mass is 32.2. The van der Waals surface area contributed by atoms with Gasteiger partial charge in [0.15, 0.2) is 0 Å². The predicted molar refractivity (Wildman–Crippen MR) is 137 cm³/mol. The zero-order chi connectivity index (χ0) is 26.9. The van der Waals surface area contributed by atoms with Gasteiger partial charge in [-0.3, -0.25) is 0 Å². The van der Waals surface area contributed by atoms with Crippen LogP contribution in [0.1, 0.15) is 61.0 Å². The number of anilines is 1. The Hall–Kier alpha value is -3.05. The molecule has 1 aromatic heterocycles. The molecular formula is C26H24F4N2O3S2. The molecule has 2 aromatic carbocycles. The third kappa shape index (κ3) is 5.77. The summed E-state index contributed by atoms with van der Waals surface area (Å²) >= 11 is 2.02. The predicted octanol–water partition coefficient (Wildman–Crippen LogP) is 8.45. The fourth-order valence-corrected chi connectivity index (χ4v) is 5.69. The molecule has 0 fully saturated rings. The monoisotopic (exact) mass is 552 g/mol. The van der Waals surface area contributed by atoms with Gasteiger partial charge >= 0.3 is 5.97 Å². The molecule has 0 radical (unpaired) electrons. The van der Waals surface area contributed by atoms with Gasteiger partial charge < -0.3 is 14.6 Å². The number of halogens is 4. The number of ether oxygens (including phenoxy) is 1. The maximum atomic E-state index is 15.4. The van der Waals surface area contributed by atoms with Crippen molar-refractivity contribution in [2.75, 3.05) is 11.8 Å². The standard InChI is InChI=1S/C26H24F4N2O3S2/c1-26(2)8-6-13(7-9-26)14-4-5-15(21(22(14)28)23(29)30)24-31-20(12-36-24)37-32-18-11-17(27)16(25(33)34)10-19(18)35-3/h4-6,10-12,23,32H,7-9H2,1-3H3,(H,33,34). The minimum Gasteiger partial charge on any atom is -0.495 e. The van der Waals surface area contributed by atoms with E-state index in [9.17, 15) is 18.0 Å². The van der Waals surface area contributed by atoms with Crippen LogP contribution in [0.4, 0.5) is 23.2 Å². The largest absolute Gasteiger partial charge is 0.495 e.